The number of ether oxygens (including phenoxy) is 1. The summed E-state index contributed by atoms with van der Waals surface area (Å²) in [7, 11) is 1.79. The first-order chi connectivity index (χ1) is 11.6. The van der Waals surface area contributed by atoms with Crippen molar-refractivity contribution in [2.45, 2.75) is 13.3 Å². The monoisotopic (exact) mass is 390 g/mol. The van der Waals surface area contributed by atoms with Crippen molar-refractivity contribution in [3.63, 3.8) is 0 Å². The second kappa shape index (κ2) is 7.00. The number of nitrogens with two attached hydrogens (primary N) is 2. The Morgan fingerprint density at radius 2 is 2.04 bits per heavy atom. The maximum atomic E-state index is 6.29. The molecule has 1 aromatic carbocycles. The molecule has 5 N–H and O–H groups in total. The number of nitrogens with one attached hydrogen (secondary N) is 1. The molecule has 24 heavy (non-hydrogen) atoms. The first-order valence-electron chi connectivity index (χ1n) is 7.35. The van der Waals surface area contributed by atoms with Gasteiger partial charge in [-0.1, -0.05) is 0 Å². The van der Waals surface area contributed by atoms with Crippen LogP contribution in [0.25, 0.3) is 11.0 Å². The molecular weight excluding hydrogens is 371 g/mol. The van der Waals surface area contributed by atoms with Gasteiger partial charge in [0.1, 0.15) is 0 Å². The molecule has 0 aliphatic heterocycles. The summed E-state index contributed by atoms with van der Waals surface area (Å²) >= 11 is 2.81. The Kier molecular flexibility index (Phi) is 4.80. The van der Waals surface area contributed by atoms with E-state index in [0.29, 0.717) is 34.0 Å². The summed E-state index contributed by atoms with van der Waals surface area (Å²) in [5.74, 6) is 1.16. The number of rotatable bonds is 6. The fourth-order valence-corrected chi connectivity index (χ4v) is 3.02. The van der Waals surface area contributed by atoms with Crippen molar-refractivity contribution >= 4 is 42.8 Å². The van der Waals surface area contributed by atoms with E-state index < -0.39 is 0 Å². The molecule has 0 unspecified atom stereocenters. The van der Waals surface area contributed by atoms with Crippen molar-refractivity contribution < 1.29 is 4.74 Å². The molecule has 2 heterocycles. The Hall–Kier alpha value is -2.41. The molecule has 0 saturated heterocycles. The number of hydrogen-bond acceptors (Lipinski definition) is 6. The minimum atomic E-state index is 0.269. The Morgan fingerprint density at radius 1 is 1.29 bits per heavy atom. The van der Waals surface area contributed by atoms with Crippen molar-refractivity contribution in [3.8, 4) is 0 Å². The van der Waals surface area contributed by atoms with Gasteiger partial charge in [0.25, 0.3) is 0 Å². The number of fused-ring (bicyclic) bond motifs is 1. The van der Waals surface area contributed by atoms with Crippen molar-refractivity contribution in [1.29, 1.82) is 0 Å². The van der Waals surface area contributed by atoms with Crippen LogP contribution in [0.3, 0.4) is 0 Å². The second-order valence-electron chi connectivity index (χ2n) is 5.19. The maximum absolute atomic E-state index is 6.29. The van der Waals surface area contributed by atoms with Gasteiger partial charge in [0.15, 0.2) is 0 Å². The predicted octanol–water partition coefficient (Wildman–Crippen LogP) is 0.835. The summed E-state index contributed by atoms with van der Waals surface area (Å²) in [6.45, 7) is 0.751. The Balaban J connectivity index is 1.96. The zero-order chi connectivity index (χ0) is 17.1. The third kappa shape index (κ3) is 2.99. The van der Waals surface area contributed by atoms with Crippen LogP contribution in [-0.2, 0) is 18.1 Å². The second-order valence-corrected chi connectivity index (χ2v) is 6.11. The number of benzene rings is 1. The van der Waals surface area contributed by atoms with E-state index in [9.17, 15) is 0 Å². The molecule has 3 aromatic rings. The van der Waals surface area contributed by atoms with E-state index in [4.69, 9.17) is 16.2 Å². The summed E-state index contributed by atoms with van der Waals surface area (Å²) in [4.78, 5) is 8.58. The van der Waals surface area contributed by atoms with E-state index in [2.05, 4.69) is 30.9 Å². The molecule has 0 saturated carbocycles. The van der Waals surface area contributed by atoms with Crippen molar-refractivity contribution in [1.82, 2.24) is 14.5 Å². The quantitative estimate of drug-likeness (QED) is 0.540. The molecular formula is C16H18N6OSe. The molecule has 0 aliphatic rings. The molecule has 124 valence electrons. The summed E-state index contributed by atoms with van der Waals surface area (Å²) in [5.41, 5.74) is 14.7. The molecule has 0 aliphatic carbocycles. The van der Waals surface area contributed by atoms with Gasteiger partial charge < -0.3 is 0 Å². The van der Waals surface area contributed by atoms with Gasteiger partial charge in [-0.3, -0.25) is 0 Å². The zero-order valence-electron chi connectivity index (χ0n) is 13.2. The first kappa shape index (κ1) is 16.4. The SMILES string of the molecule is CNc1ncnc2c1c(C(N)=[Se])c(N)n2COCc1ccccc1. The van der Waals surface area contributed by atoms with Crippen molar-refractivity contribution in [2.75, 3.05) is 18.1 Å². The van der Waals surface area contributed by atoms with Gasteiger partial charge in [-0.2, -0.15) is 0 Å². The summed E-state index contributed by atoms with van der Waals surface area (Å²) < 4.78 is 8.09. The Labute approximate surface area is 147 Å². The first-order valence-corrected chi connectivity index (χ1v) is 8.21. The van der Waals surface area contributed by atoms with Crippen LogP contribution in [0.2, 0.25) is 0 Å². The molecule has 3 rings (SSSR count). The van der Waals surface area contributed by atoms with Crippen LogP contribution in [0.4, 0.5) is 11.6 Å². The normalized spacial score (nSPS) is 10.9. The molecule has 0 radical (unpaired) electrons. The molecule has 8 heteroatoms. The number of nitrogens with zero attached hydrogens (tertiary/aromatic N) is 3. The van der Waals surface area contributed by atoms with Gasteiger partial charge in [0.05, 0.1) is 0 Å². The molecule has 0 spiro atoms. The van der Waals surface area contributed by atoms with Crippen molar-refractivity contribution in [2.24, 2.45) is 5.73 Å². The molecule has 0 atom stereocenters. The molecule has 0 fully saturated rings. The average Bonchev–Trinajstić information content (AvgIpc) is 2.88. The van der Waals surface area contributed by atoms with Crippen LogP contribution >= 0.6 is 0 Å². The van der Waals surface area contributed by atoms with E-state index in [-0.39, 0.29) is 6.73 Å². The topological polar surface area (TPSA) is 104 Å². The van der Waals surface area contributed by atoms with Crippen LogP contribution in [0.1, 0.15) is 11.1 Å². The van der Waals surface area contributed by atoms with Gasteiger partial charge in [0.2, 0.25) is 0 Å². The third-order valence-electron chi connectivity index (χ3n) is 3.70. The average molecular weight is 389 g/mol. The Bertz CT molecular complexity index is 877. The summed E-state index contributed by atoms with van der Waals surface area (Å²) in [5, 5.41) is 3.82. The molecule has 0 bridgehead atoms. The number of nitrogen functional groups attached to an aromatic ring is 1. The van der Waals surface area contributed by atoms with Gasteiger partial charge in [-0.05, 0) is 0 Å². The van der Waals surface area contributed by atoms with Gasteiger partial charge in [0, 0.05) is 0 Å². The number of aromatic nitrogens is 3. The van der Waals surface area contributed by atoms with Gasteiger partial charge in [-0.15, -0.1) is 0 Å². The standard InChI is InChI=1S/C16H18N6OSe/c1-19-15-12-11(14(18)24)13(17)22(16(12)21-8-20-15)9-23-7-10-5-3-2-4-6-10/h2-6,8H,7,9,17H2,1H3,(H2,18,24)(H,19,20,21). The molecule has 2 aromatic heterocycles. The van der Waals surface area contributed by atoms with E-state index in [0.717, 1.165) is 10.9 Å². The summed E-state index contributed by atoms with van der Waals surface area (Å²) in [6, 6.07) is 9.95. The molecule has 7 nitrogen and oxygen atoms in total. The number of hydrogen-bond donors (Lipinski definition) is 3. The van der Waals surface area contributed by atoms with Crippen LogP contribution in [-0.4, -0.2) is 41.7 Å². The fourth-order valence-electron chi connectivity index (χ4n) is 2.59. The predicted molar refractivity (Wildman–Crippen MR) is 96.8 cm³/mol. The summed E-state index contributed by atoms with van der Waals surface area (Å²) in [6.07, 6.45) is 1.49. The van der Waals surface area contributed by atoms with E-state index in [1.165, 1.54) is 6.33 Å². The van der Waals surface area contributed by atoms with Crippen molar-refractivity contribution in [3.05, 3.63) is 47.8 Å². The molecule has 0 amide bonds. The third-order valence-corrected chi connectivity index (χ3v) is 4.12. The van der Waals surface area contributed by atoms with Crippen LogP contribution < -0.4 is 16.8 Å². The fraction of sp³-hybridized carbons (Fsp3) is 0.188. The van der Waals surface area contributed by atoms with Gasteiger partial charge >= 0.3 is 147 Å². The van der Waals surface area contributed by atoms with E-state index in [1.54, 1.807) is 11.6 Å². The van der Waals surface area contributed by atoms with Crippen LogP contribution in [0, 0.1) is 0 Å². The Morgan fingerprint density at radius 3 is 2.71 bits per heavy atom. The van der Waals surface area contributed by atoms with Crippen LogP contribution in [0.5, 0.6) is 0 Å². The zero-order valence-corrected chi connectivity index (χ0v) is 14.9. The van der Waals surface area contributed by atoms with Crippen LogP contribution in [0.15, 0.2) is 36.7 Å². The van der Waals surface area contributed by atoms with E-state index in [1.807, 2.05) is 30.3 Å². The van der Waals surface area contributed by atoms with E-state index >= 15 is 0 Å². The minimum absolute atomic E-state index is 0.269. The van der Waals surface area contributed by atoms with Gasteiger partial charge in [-0.25, -0.2) is 0 Å². The number of anilines is 2.